The molecule has 0 aliphatic rings. The number of carbonyl (C=O) groups is 1. The van der Waals surface area contributed by atoms with Crippen molar-refractivity contribution in [2.75, 3.05) is 0 Å². The molecule has 1 heterocycles. The van der Waals surface area contributed by atoms with Gasteiger partial charge in [-0.1, -0.05) is 29.8 Å². The summed E-state index contributed by atoms with van der Waals surface area (Å²) in [6.07, 6.45) is 0.469. The average Bonchev–Trinajstić information content (AvgIpc) is 2.69. The van der Waals surface area contributed by atoms with Gasteiger partial charge in [-0.15, -0.1) is 11.3 Å². The molecule has 0 saturated carbocycles. The largest absolute Gasteiger partial charge is 0.481 e. The van der Waals surface area contributed by atoms with Gasteiger partial charge in [-0.05, 0) is 31.0 Å². The van der Waals surface area contributed by atoms with E-state index in [4.69, 9.17) is 0 Å². The number of nitrogens with zero attached hydrogens (tertiary/aromatic N) is 1. The van der Waals surface area contributed by atoms with Crippen LogP contribution in [0.15, 0.2) is 22.7 Å². The van der Waals surface area contributed by atoms with E-state index in [1.165, 1.54) is 0 Å². The lowest BCUT2D eigenvalue weighted by atomic mass is 9.76. The van der Waals surface area contributed by atoms with Crippen LogP contribution in [0.3, 0.4) is 0 Å². The maximum absolute atomic E-state index is 11.5. The van der Waals surface area contributed by atoms with Crippen LogP contribution in [0.5, 0.6) is 0 Å². The SMILES string of the molecule is CC(C)C(C)(Cc1nc2cc(Br)ccc2s1)C(=O)O. The monoisotopic (exact) mass is 341 g/mol. The summed E-state index contributed by atoms with van der Waals surface area (Å²) in [7, 11) is 0. The van der Waals surface area contributed by atoms with Crippen LogP contribution in [0.1, 0.15) is 25.8 Å². The molecule has 0 fully saturated rings. The van der Waals surface area contributed by atoms with Crippen LogP contribution >= 0.6 is 27.3 Å². The van der Waals surface area contributed by atoms with E-state index < -0.39 is 11.4 Å². The molecule has 2 aromatic rings. The summed E-state index contributed by atoms with van der Waals surface area (Å²) in [4.78, 5) is 16.1. The number of halogens is 1. The first kappa shape index (κ1) is 14.5. The zero-order valence-corrected chi connectivity index (χ0v) is 13.5. The van der Waals surface area contributed by atoms with Crippen molar-refractivity contribution in [2.45, 2.75) is 27.2 Å². The van der Waals surface area contributed by atoms with Crippen molar-refractivity contribution in [1.82, 2.24) is 4.98 Å². The Morgan fingerprint density at radius 2 is 2.21 bits per heavy atom. The van der Waals surface area contributed by atoms with E-state index in [-0.39, 0.29) is 5.92 Å². The number of hydrogen-bond acceptors (Lipinski definition) is 3. The number of carboxylic acid groups (broad SMARTS) is 1. The normalized spacial score (nSPS) is 14.8. The maximum Gasteiger partial charge on any atom is 0.310 e. The van der Waals surface area contributed by atoms with Gasteiger partial charge in [0.05, 0.1) is 20.6 Å². The molecule has 3 nitrogen and oxygen atoms in total. The summed E-state index contributed by atoms with van der Waals surface area (Å²) in [5.74, 6) is -0.702. The molecule has 0 amide bonds. The number of aromatic nitrogens is 1. The van der Waals surface area contributed by atoms with E-state index in [0.717, 1.165) is 19.7 Å². The van der Waals surface area contributed by atoms with Crippen molar-refractivity contribution >= 4 is 43.5 Å². The van der Waals surface area contributed by atoms with E-state index in [1.54, 1.807) is 18.3 Å². The Bertz CT molecular complexity index is 623. The Balaban J connectivity index is 2.37. The third-order valence-corrected chi connectivity index (χ3v) is 5.20. The molecule has 1 unspecified atom stereocenters. The highest BCUT2D eigenvalue weighted by molar-refractivity contribution is 9.10. The smallest absolute Gasteiger partial charge is 0.310 e. The fourth-order valence-corrected chi connectivity index (χ4v) is 3.33. The molecule has 1 aromatic heterocycles. The minimum absolute atomic E-state index is 0.0590. The molecule has 1 aromatic carbocycles. The van der Waals surface area contributed by atoms with Gasteiger partial charge in [0.25, 0.3) is 0 Å². The van der Waals surface area contributed by atoms with E-state index in [9.17, 15) is 9.90 Å². The first-order valence-corrected chi connectivity index (χ1v) is 7.72. The van der Waals surface area contributed by atoms with Gasteiger partial charge in [0.15, 0.2) is 0 Å². The summed E-state index contributed by atoms with van der Waals surface area (Å²) in [5.41, 5.74) is 0.149. The summed E-state index contributed by atoms with van der Waals surface area (Å²) in [6.45, 7) is 5.68. The Morgan fingerprint density at radius 1 is 1.53 bits per heavy atom. The molecule has 0 radical (unpaired) electrons. The van der Waals surface area contributed by atoms with Gasteiger partial charge in [-0.25, -0.2) is 4.98 Å². The predicted octanol–water partition coefficient (Wildman–Crippen LogP) is 4.35. The minimum Gasteiger partial charge on any atom is -0.481 e. The number of thiazole rings is 1. The van der Waals surface area contributed by atoms with E-state index in [0.29, 0.717) is 6.42 Å². The van der Waals surface area contributed by atoms with Crippen molar-refractivity contribution in [3.63, 3.8) is 0 Å². The van der Waals surface area contributed by atoms with Crippen LogP contribution in [0.2, 0.25) is 0 Å². The topological polar surface area (TPSA) is 50.2 Å². The van der Waals surface area contributed by atoms with Crippen LogP contribution in [0, 0.1) is 11.3 Å². The molecule has 0 saturated heterocycles. The Kier molecular flexibility index (Phi) is 3.97. The summed E-state index contributed by atoms with van der Waals surface area (Å²) < 4.78 is 2.08. The molecule has 1 atom stereocenters. The van der Waals surface area contributed by atoms with Gasteiger partial charge in [0, 0.05) is 10.9 Å². The molecule has 0 aliphatic carbocycles. The molecule has 0 aliphatic heterocycles. The zero-order chi connectivity index (χ0) is 14.2. The van der Waals surface area contributed by atoms with E-state index in [2.05, 4.69) is 20.9 Å². The van der Waals surface area contributed by atoms with E-state index in [1.807, 2.05) is 32.0 Å². The molecule has 0 bridgehead atoms. The molecule has 19 heavy (non-hydrogen) atoms. The van der Waals surface area contributed by atoms with Crippen LogP contribution in [0.25, 0.3) is 10.2 Å². The second-order valence-electron chi connectivity index (χ2n) is 5.27. The highest BCUT2D eigenvalue weighted by Gasteiger charge is 2.37. The molecule has 0 spiro atoms. The summed E-state index contributed by atoms with van der Waals surface area (Å²) in [6, 6.07) is 5.94. The number of aliphatic carboxylic acids is 1. The molecular formula is C14H16BrNO2S. The van der Waals surface area contributed by atoms with E-state index >= 15 is 0 Å². The lowest BCUT2D eigenvalue weighted by Gasteiger charge is -2.27. The minimum atomic E-state index is -0.773. The second-order valence-corrected chi connectivity index (χ2v) is 7.30. The zero-order valence-electron chi connectivity index (χ0n) is 11.1. The number of carboxylic acids is 1. The van der Waals surface area contributed by atoms with Crippen LogP contribution in [-0.4, -0.2) is 16.1 Å². The summed E-state index contributed by atoms with van der Waals surface area (Å²) in [5, 5.41) is 10.3. The number of hydrogen-bond donors (Lipinski definition) is 1. The quantitative estimate of drug-likeness (QED) is 0.899. The van der Waals surface area contributed by atoms with Crippen LogP contribution in [-0.2, 0) is 11.2 Å². The maximum atomic E-state index is 11.5. The fourth-order valence-electron chi connectivity index (χ4n) is 1.86. The van der Waals surface area contributed by atoms with Crippen molar-refractivity contribution < 1.29 is 9.90 Å². The Labute approximate surface area is 124 Å². The Morgan fingerprint density at radius 3 is 2.79 bits per heavy atom. The molecule has 1 N–H and O–H groups in total. The van der Waals surface area contributed by atoms with Crippen molar-refractivity contribution in [1.29, 1.82) is 0 Å². The van der Waals surface area contributed by atoms with Gasteiger partial charge < -0.3 is 5.11 Å². The third kappa shape index (κ3) is 2.82. The standard InChI is InChI=1S/C14H16BrNO2S/c1-8(2)14(3,13(17)18)7-12-16-10-6-9(15)4-5-11(10)19-12/h4-6,8H,7H2,1-3H3,(H,17,18). The van der Waals surface area contributed by atoms with Crippen molar-refractivity contribution in [3.05, 3.63) is 27.7 Å². The predicted molar refractivity (Wildman–Crippen MR) is 81.6 cm³/mol. The number of fused-ring (bicyclic) bond motifs is 1. The second kappa shape index (κ2) is 5.21. The van der Waals surface area contributed by atoms with Crippen LogP contribution < -0.4 is 0 Å². The first-order chi connectivity index (χ1) is 8.83. The van der Waals surface area contributed by atoms with Crippen molar-refractivity contribution in [2.24, 2.45) is 11.3 Å². The molecule has 102 valence electrons. The Hall–Kier alpha value is -0.940. The highest BCUT2D eigenvalue weighted by Crippen LogP contribution is 2.35. The molecule has 5 heteroatoms. The third-order valence-electron chi connectivity index (χ3n) is 3.68. The molecular weight excluding hydrogens is 326 g/mol. The summed E-state index contributed by atoms with van der Waals surface area (Å²) >= 11 is 4.99. The number of rotatable bonds is 4. The lowest BCUT2D eigenvalue weighted by Crippen LogP contribution is -2.35. The molecule has 2 rings (SSSR count). The van der Waals surface area contributed by atoms with Gasteiger partial charge in [0.1, 0.15) is 0 Å². The van der Waals surface area contributed by atoms with Gasteiger partial charge in [-0.3, -0.25) is 4.79 Å². The highest BCUT2D eigenvalue weighted by atomic mass is 79.9. The van der Waals surface area contributed by atoms with Gasteiger partial charge >= 0.3 is 5.97 Å². The fraction of sp³-hybridized carbons (Fsp3) is 0.429. The van der Waals surface area contributed by atoms with Gasteiger partial charge in [-0.2, -0.15) is 0 Å². The first-order valence-electron chi connectivity index (χ1n) is 6.11. The van der Waals surface area contributed by atoms with Crippen molar-refractivity contribution in [3.8, 4) is 0 Å². The van der Waals surface area contributed by atoms with Crippen LogP contribution in [0.4, 0.5) is 0 Å². The lowest BCUT2D eigenvalue weighted by molar-refractivity contribution is -0.150. The van der Waals surface area contributed by atoms with Gasteiger partial charge in [0.2, 0.25) is 0 Å². The number of benzene rings is 1. The average molecular weight is 342 g/mol.